The molecule has 1 aliphatic heterocycles. The summed E-state index contributed by atoms with van der Waals surface area (Å²) in [5.41, 5.74) is 0. The molecule has 1 aliphatic rings. The maximum Gasteiger partial charge on any atom is 0.220 e. The molecule has 1 unspecified atom stereocenters. The van der Waals surface area contributed by atoms with Crippen LogP contribution in [0.1, 0.15) is 19.8 Å². The van der Waals surface area contributed by atoms with Gasteiger partial charge in [0.1, 0.15) is 0 Å². The largest absolute Gasteiger partial charge is 0.355 e. The second kappa shape index (κ2) is 6.60. The van der Waals surface area contributed by atoms with Crippen LogP contribution in [0.3, 0.4) is 0 Å². The zero-order valence-electron chi connectivity index (χ0n) is 8.04. The van der Waals surface area contributed by atoms with Crippen LogP contribution in [0.5, 0.6) is 0 Å². The molecule has 0 radical (unpaired) electrons. The first kappa shape index (κ1) is 11.2. The van der Waals surface area contributed by atoms with E-state index in [1.54, 1.807) is 0 Å². The van der Waals surface area contributed by atoms with Crippen molar-refractivity contribution in [3.63, 3.8) is 0 Å². The molecule has 0 aromatic rings. The number of nitrogens with one attached hydrogen (secondary N) is 1. The molecule has 1 N–H and O–H groups in total. The van der Waals surface area contributed by atoms with Gasteiger partial charge in [-0.2, -0.15) is 23.5 Å². The van der Waals surface area contributed by atoms with Crippen molar-refractivity contribution in [3.05, 3.63) is 0 Å². The van der Waals surface area contributed by atoms with Crippen LogP contribution in [0, 0.1) is 0 Å². The van der Waals surface area contributed by atoms with E-state index in [2.05, 4.69) is 5.32 Å². The minimum atomic E-state index is 0.207. The van der Waals surface area contributed by atoms with Gasteiger partial charge in [0.2, 0.25) is 5.91 Å². The molecule has 1 atom stereocenters. The number of rotatable bonds is 4. The lowest BCUT2D eigenvalue weighted by atomic mass is 10.3. The molecule has 1 saturated heterocycles. The van der Waals surface area contributed by atoms with Crippen LogP contribution in [0.25, 0.3) is 0 Å². The van der Waals surface area contributed by atoms with Crippen molar-refractivity contribution < 1.29 is 4.79 Å². The molecular formula is C9H17NOS2. The molecule has 0 saturated carbocycles. The van der Waals surface area contributed by atoms with Crippen molar-refractivity contribution in [2.75, 3.05) is 23.8 Å². The first-order valence-corrected chi connectivity index (χ1v) is 6.99. The molecule has 13 heavy (non-hydrogen) atoms. The molecule has 2 nitrogen and oxygen atoms in total. The standard InChI is InChI=1S/C9H17NOS2/c1-2-3-9(11)10-6-8-7-12-4-5-13-8/h8H,2-7H2,1H3,(H,10,11). The first-order valence-electron chi connectivity index (χ1n) is 4.79. The summed E-state index contributed by atoms with van der Waals surface area (Å²) >= 11 is 3.98. The number of hydrogen-bond donors (Lipinski definition) is 1. The number of carbonyl (C=O) groups is 1. The van der Waals surface area contributed by atoms with Crippen molar-refractivity contribution >= 4 is 29.4 Å². The minimum absolute atomic E-state index is 0.207. The van der Waals surface area contributed by atoms with E-state index < -0.39 is 0 Å². The summed E-state index contributed by atoms with van der Waals surface area (Å²) in [6.07, 6.45) is 1.61. The van der Waals surface area contributed by atoms with E-state index in [0.29, 0.717) is 11.7 Å². The second-order valence-electron chi connectivity index (χ2n) is 3.12. The lowest BCUT2D eigenvalue weighted by Gasteiger charge is -2.20. The summed E-state index contributed by atoms with van der Waals surface area (Å²) in [6.45, 7) is 2.89. The highest BCUT2D eigenvalue weighted by atomic mass is 32.2. The van der Waals surface area contributed by atoms with Gasteiger partial charge in [-0.15, -0.1) is 0 Å². The molecule has 1 heterocycles. The van der Waals surface area contributed by atoms with Crippen molar-refractivity contribution in [3.8, 4) is 0 Å². The third kappa shape index (κ3) is 4.81. The Hall–Kier alpha value is 0.170. The minimum Gasteiger partial charge on any atom is -0.355 e. The van der Waals surface area contributed by atoms with Gasteiger partial charge in [-0.05, 0) is 6.42 Å². The van der Waals surface area contributed by atoms with Crippen LogP contribution >= 0.6 is 23.5 Å². The molecule has 1 fully saturated rings. The highest BCUT2D eigenvalue weighted by molar-refractivity contribution is 8.06. The molecule has 1 amide bonds. The fourth-order valence-electron chi connectivity index (χ4n) is 1.20. The number of hydrogen-bond acceptors (Lipinski definition) is 3. The van der Waals surface area contributed by atoms with Gasteiger partial charge in [0.25, 0.3) is 0 Å². The van der Waals surface area contributed by atoms with E-state index in [1.165, 1.54) is 17.3 Å². The smallest absolute Gasteiger partial charge is 0.220 e. The topological polar surface area (TPSA) is 29.1 Å². The second-order valence-corrected chi connectivity index (χ2v) is 5.68. The maximum absolute atomic E-state index is 11.2. The summed E-state index contributed by atoms with van der Waals surface area (Å²) in [5.74, 6) is 3.90. The molecule has 0 spiro atoms. The van der Waals surface area contributed by atoms with E-state index in [0.717, 1.165) is 13.0 Å². The Morgan fingerprint density at radius 2 is 2.38 bits per heavy atom. The predicted molar refractivity (Wildman–Crippen MR) is 61.5 cm³/mol. The average Bonchev–Trinajstić information content (AvgIpc) is 2.17. The van der Waals surface area contributed by atoms with Gasteiger partial charge < -0.3 is 5.32 Å². The van der Waals surface area contributed by atoms with Gasteiger partial charge in [0.05, 0.1) is 0 Å². The summed E-state index contributed by atoms with van der Waals surface area (Å²) < 4.78 is 0. The number of thioether (sulfide) groups is 2. The highest BCUT2D eigenvalue weighted by Crippen LogP contribution is 2.23. The van der Waals surface area contributed by atoms with E-state index in [-0.39, 0.29) is 5.91 Å². The predicted octanol–water partition coefficient (Wildman–Crippen LogP) is 1.75. The quantitative estimate of drug-likeness (QED) is 0.781. The fraction of sp³-hybridized carbons (Fsp3) is 0.889. The highest BCUT2D eigenvalue weighted by Gasteiger charge is 2.14. The summed E-state index contributed by atoms with van der Waals surface area (Å²) in [7, 11) is 0. The van der Waals surface area contributed by atoms with E-state index >= 15 is 0 Å². The lowest BCUT2D eigenvalue weighted by Crippen LogP contribution is -2.33. The summed E-state index contributed by atoms with van der Waals surface area (Å²) in [4.78, 5) is 11.2. The average molecular weight is 219 g/mol. The van der Waals surface area contributed by atoms with Crippen LogP contribution in [0.4, 0.5) is 0 Å². The van der Waals surface area contributed by atoms with E-state index in [1.807, 2.05) is 30.4 Å². The van der Waals surface area contributed by atoms with Gasteiger partial charge >= 0.3 is 0 Å². The van der Waals surface area contributed by atoms with E-state index in [9.17, 15) is 4.79 Å². The number of amides is 1. The van der Waals surface area contributed by atoms with Crippen LogP contribution in [0.15, 0.2) is 0 Å². The van der Waals surface area contributed by atoms with Crippen LogP contribution in [-0.2, 0) is 4.79 Å². The molecule has 4 heteroatoms. The maximum atomic E-state index is 11.2. The molecule has 0 aromatic heterocycles. The van der Waals surface area contributed by atoms with Gasteiger partial charge in [-0.1, -0.05) is 6.92 Å². The Balaban J connectivity index is 2.06. The molecule has 76 valence electrons. The van der Waals surface area contributed by atoms with Gasteiger partial charge in [-0.25, -0.2) is 0 Å². The molecular weight excluding hydrogens is 202 g/mol. The monoisotopic (exact) mass is 219 g/mol. The fourth-order valence-corrected chi connectivity index (χ4v) is 3.81. The van der Waals surface area contributed by atoms with Crippen LogP contribution in [-0.4, -0.2) is 35.0 Å². The van der Waals surface area contributed by atoms with Crippen LogP contribution in [0.2, 0.25) is 0 Å². The van der Waals surface area contributed by atoms with Gasteiger partial charge in [0.15, 0.2) is 0 Å². The Morgan fingerprint density at radius 3 is 3.00 bits per heavy atom. The van der Waals surface area contributed by atoms with Crippen LogP contribution < -0.4 is 5.32 Å². The summed E-state index contributed by atoms with van der Waals surface area (Å²) in [5, 5.41) is 3.62. The molecule has 0 aromatic carbocycles. The van der Waals surface area contributed by atoms with Gasteiger partial charge in [-0.3, -0.25) is 4.79 Å². The SMILES string of the molecule is CCCC(=O)NCC1CSCCS1. The third-order valence-electron chi connectivity index (χ3n) is 1.89. The van der Waals surface area contributed by atoms with Crippen molar-refractivity contribution in [2.45, 2.75) is 25.0 Å². The van der Waals surface area contributed by atoms with Crippen molar-refractivity contribution in [1.29, 1.82) is 0 Å². The van der Waals surface area contributed by atoms with Gasteiger partial charge in [0, 0.05) is 35.5 Å². The first-order chi connectivity index (χ1) is 6.33. The summed E-state index contributed by atoms with van der Waals surface area (Å²) in [6, 6.07) is 0. The normalized spacial score (nSPS) is 22.7. The third-order valence-corrected chi connectivity index (χ3v) is 4.73. The zero-order chi connectivity index (χ0) is 9.52. The van der Waals surface area contributed by atoms with Crippen molar-refractivity contribution in [1.82, 2.24) is 5.32 Å². The van der Waals surface area contributed by atoms with Crippen molar-refractivity contribution in [2.24, 2.45) is 0 Å². The number of carbonyl (C=O) groups excluding carboxylic acids is 1. The Kier molecular flexibility index (Phi) is 5.71. The Bertz CT molecular complexity index is 158. The molecule has 0 aliphatic carbocycles. The Labute approximate surface area is 88.6 Å². The lowest BCUT2D eigenvalue weighted by molar-refractivity contribution is -0.121. The molecule has 0 bridgehead atoms. The molecule has 1 rings (SSSR count). The van der Waals surface area contributed by atoms with E-state index in [4.69, 9.17) is 0 Å². The zero-order valence-corrected chi connectivity index (χ0v) is 9.68. The Morgan fingerprint density at radius 1 is 1.54 bits per heavy atom.